The quantitative estimate of drug-likeness (QED) is 0.0247. The van der Waals surface area contributed by atoms with E-state index in [2.05, 4.69) is 143 Å². The Bertz CT molecular complexity index is 7920. The van der Waals surface area contributed by atoms with Gasteiger partial charge in [0.05, 0.1) is 18.7 Å². The molecule has 6 heterocycles. The summed E-state index contributed by atoms with van der Waals surface area (Å²) in [5, 5.41) is 20.1. The summed E-state index contributed by atoms with van der Waals surface area (Å²) in [6.07, 6.45) is 17.4. The van der Waals surface area contributed by atoms with Gasteiger partial charge in [-0.05, 0) is 247 Å². The number of amides is 6. The lowest BCUT2D eigenvalue weighted by Gasteiger charge is -2.37. The summed E-state index contributed by atoms with van der Waals surface area (Å²) < 4.78 is 18.0. The van der Waals surface area contributed by atoms with Crippen molar-refractivity contribution in [1.29, 1.82) is 0 Å². The molecule has 0 aliphatic carbocycles. The molecule has 23 heteroatoms. The van der Waals surface area contributed by atoms with Gasteiger partial charge in [0.1, 0.15) is 35.7 Å². The molecule has 6 aliphatic rings. The van der Waals surface area contributed by atoms with Crippen molar-refractivity contribution in [3.8, 4) is 0 Å². The highest BCUT2D eigenvalue weighted by Crippen LogP contribution is 2.58. The summed E-state index contributed by atoms with van der Waals surface area (Å²) in [7, 11) is 0. The molecule has 14 nitrogen and oxygen atoms in total. The van der Waals surface area contributed by atoms with Crippen molar-refractivity contribution in [1.82, 2.24) is 29.4 Å². The highest BCUT2D eigenvalue weighted by molar-refractivity contribution is 9.11. The molecule has 0 fully saturated rings. The number of aryl methyl sites for hydroxylation is 3. The third-order valence-corrected chi connectivity index (χ3v) is 33.8. The van der Waals surface area contributed by atoms with E-state index in [1.165, 1.54) is 6.07 Å². The van der Waals surface area contributed by atoms with Crippen LogP contribution in [-0.4, -0.2) is 131 Å². The number of hydrogen-bond donors (Lipinski definition) is 0. The lowest BCUT2D eigenvalue weighted by Crippen LogP contribution is -2.45. The van der Waals surface area contributed by atoms with Crippen LogP contribution in [0, 0.1) is 39.7 Å². The minimum absolute atomic E-state index is 0.00285. The van der Waals surface area contributed by atoms with E-state index in [9.17, 15) is 28.8 Å². The molecule has 6 atom stereocenters. The number of thiocarbonyl (C=S) groups is 6. The van der Waals surface area contributed by atoms with Gasteiger partial charge in [-0.3, -0.25) is 58.2 Å². The molecule has 0 saturated heterocycles. The first kappa shape index (κ1) is 94.4. The second kappa shape index (κ2) is 36.0. The topological polar surface area (TPSA) is 131 Å². The molecule has 688 valence electrons. The Balaban J connectivity index is 0.000000131. The molecular formula is C113H103Br2FN8O6S6. The summed E-state index contributed by atoms with van der Waals surface area (Å²) in [6, 6.07) is 30.8. The minimum atomic E-state index is -0.447. The monoisotopic (exact) mass is 2040 g/mol. The average Bonchev–Trinajstić information content (AvgIpc) is 0.678. The molecule has 0 saturated carbocycles. The van der Waals surface area contributed by atoms with Gasteiger partial charge in [-0.25, -0.2) is 14.1 Å². The zero-order chi connectivity index (χ0) is 96.7. The number of carbonyl (C=O) groups excluding carboxylic acids is 6. The normalized spacial score (nSPS) is 16.1. The van der Waals surface area contributed by atoms with Crippen molar-refractivity contribution in [3.63, 3.8) is 0 Å². The van der Waals surface area contributed by atoms with Gasteiger partial charge in [-0.2, -0.15) is 0 Å². The van der Waals surface area contributed by atoms with Gasteiger partial charge in [0.25, 0.3) is 35.4 Å². The Morgan fingerprint density at radius 3 is 0.831 bits per heavy atom. The van der Waals surface area contributed by atoms with Gasteiger partial charge < -0.3 is 0 Å². The summed E-state index contributed by atoms with van der Waals surface area (Å²) in [6.45, 7) is 48.0. The Morgan fingerprint density at radius 1 is 0.272 bits per heavy atom. The van der Waals surface area contributed by atoms with Crippen LogP contribution in [0.3, 0.4) is 0 Å². The molecule has 0 spiro atoms. The van der Waals surface area contributed by atoms with Crippen LogP contribution < -0.4 is 0 Å². The maximum absolute atomic E-state index is 16.5. The predicted octanol–water partition coefficient (Wildman–Crippen LogP) is 31.2. The highest BCUT2D eigenvalue weighted by atomic mass is 79.9. The predicted molar refractivity (Wildman–Crippen MR) is 586 cm³/mol. The fraction of sp³-hybridized carbons (Fsp3) is 0.345. The van der Waals surface area contributed by atoms with Gasteiger partial charge in [-0.1, -0.05) is 272 Å². The van der Waals surface area contributed by atoms with E-state index in [0.717, 1.165) is 288 Å². The maximum atomic E-state index is 16.5. The van der Waals surface area contributed by atoms with E-state index in [-0.39, 0.29) is 71.7 Å². The van der Waals surface area contributed by atoms with Gasteiger partial charge >= 0.3 is 0 Å². The Kier molecular flexibility index (Phi) is 25.0. The summed E-state index contributed by atoms with van der Waals surface area (Å²) in [5.74, 6) is -1.18. The van der Waals surface area contributed by atoms with E-state index in [1.54, 1.807) is 35.5 Å². The third kappa shape index (κ3) is 13.9. The second-order valence-corrected chi connectivity index (χ2v) is 42.6. The molecule has 15 aromatic carbocycles. The van der Waals surface area contributed by atoms with Crippen LogP contribution in [-0.2, 0) is 0 Å². The van der Waals surface area contributed by atoms with Crippen molar-refractivity contribution in [2.24, 2.45) is 0 Å². The molecule has 21 rings (SSSR count). The zero-order valence-corrected chi connectivity index (χ0v) is 87.1. The molecule has 6 aliphatic heterocycles. The molecule has 0 unspecified atom stereocenters. The van der Waals surface area contributed by atoms with Crippen molar-refractivity contribution >= 4 is 311 Å². The van der Waals surface area contributed by atoms with E-state index >= 15 is 4.39 Å². The summed E-state index contributed by atoms with van der Waals surface area (Å²) in [4.78, 5) is 107. The molecule has 0 bridgehead atoms. The van der Waals surface area contributed by atoms with Crippen molar-refractivity contribution in [2.75, 3.05) is 0 Å². The van der Waals surface area contributed by atoms with Crippen LogP contribution in [0.2, 0.25) is 0 Å². The number of carbonyl (C=O) groups is 6. The molecular weight excluding hydrogens is 1940 g/mol. The van der Waals surface area contributed by atoms with E-state index in [4.69, 9.17) is 86.5 Å². The maximum Gasteiger partial charge on any atom is 0.259 e. The smallest absolute Gasteiger partial charge is 0.259 e. The van der Waals surface area contributed by atoms with Crippen LogP contribution in [0.1, 0.15) is 311 Å². The third-order valence-electron chi connectivity index (χ3n) is 30.1. The number of halogens is 3. The Labute approximate surface area is 840 Å². The van der Waals surface area contributed by atoms with E-state index in [0.29, 0.717) is 90.8 Å². The van der Waals surface area contributed by atoms with Crippen molar-refractivity contribution < 1.29 is 33.2 Å². The number of rotatable bonds is 24. The Hall–Kier alpha value is -10.6. The standard InChI is InChI=1S/C38H33Br2N3O2S2.C38H35N3O2S2.C37H35FN2O2S2/c1-7-9-11-18(4)42-35(44)20-15-25(40)31-32-26(41-6)16-23-29-21(36(45)43(38(23)47)19(5)12-10-8-2)14-24(39)30(34(29)32)27-17(3)13-22(37(42)46)28(20)33(27)31;1-7-9-11-20(4)40-35(42)26-17-19(3)29-22-13-15-25-31-27(36(43)41(38(25)45)21(5)12-10-8-2)18-28(39-6)32(34(22)31)23-14-16-24(37(40)44)30(26)33(23)29;1-6-8-10-19(4)39-34(41)25-16-18(3)28-21-12-14-24-30-26(35(42)40(37(24)44)20(5)11-9-7-2)17-27(38)31(33(21)30)22-13-15-23(36(39)43)29(25)32(22)28/h13-16,18-19H,7-12H2,1-5H3;13-18,20-21H,7-12H2,1-5H3;12-17,19-20H,6-11H2,1-5H3/t18-,19-;20-,21-;19-,20-/m000/s1. The lowest BCUT2D eigenvalue weighted by molar-refractivity contribution is 0.0798. The van der Waals surface area contributed by atoms with Crippen LogP contribution in [0.25, 0.3) is 139 Å². The molecule has 0 N–H and O–H groups in total. The first-order valence-corrected chi connectivity index (χ1v) is 52.1. The number of benzene rings is 15. The van der Waals surface area contributed by atoms with Crippen LogP contribution in [0.5, 0.6) is 0 Å². The van der Waals surface area contributed by atoms with Crippen molar-refractivity contribution in [3.05, 3.63) is 218 Å². The number of hydrogen-bond acceptors (Lipinski definition) is 12. The molecule has 136 heavy (non-hydrogen) atoms. The largest absolute Gasteiger partial charge is 0.296 e. The van der Waals surface area contributed by atoms with Crippen molar-refractivity contribution in [2.45, 2.75) is 256 Å². The van der Waals surface area contributed by atoms with Gasteiger partial charge in [0.2, 0.25) is 0 Å². The number of nitrogens with zero attached hydrogens (tertiary/aromatic N) is 8. The van der Waals surface area contributed by atoms with Gasteiger partial charge in [0, 0.05) is 155 Å². The fourth-order valence-corrected chi connectivity index (χ4v) is 27.3. The average molecular weight is 2040 g/mol. The molecule has 0 radical (unpaired) electrons. The lowest BCUT2D eigenvalue weighted by atomic mass is 9.80. The SMILES string of the molecule is CCCC[C@H](C)N1C(=O)c2cc(C)c3c4ccc5c6c(cc(F)c(c7ccc(c2c73)C1=S)c64)C(=O)N([C@@H](C)CCCC)C5=S.[C-]#[N+]c1cc2c3c(cc(Br)c4c5c(C)cc6c7c(cc(Br)c(c1c34)c75)C(=O)N([C@@H](C)CCCC)C6=S)C(=O)N([C@@H](C)CCCC)C2=S.[C-]#[N+]c1cc2c3c(ccc4c5c(C)cc6c7c(ccc(c1c34)c75)C(=S)N([C@@H](C)CCCC)C6=O)C(=S)N([C@@H](C)CCCC)C2=O. The first-order chi connectivity index (χ1) is 65.2. The van der Waals surface area contributed by atoms with E-state index < -0.39 is 5.82 Å². The van der Waals surface area contributed by atoms with Crippen LogP contribution in [0.4, 0.5) is 15.8 Å². The Morgan fingerprint density at radius 2 is 0.500 bits per heavy atom. The summed E-state index contributed by atoms with van der Waals surface area (Å²) >= 11 is 43.9. The van der Waals surface area contributed by atoms with E-state index in [1.807, 2.05) is 87.5 Å². The fourth-order valence-electron chi connectivity index (χ4n) is 23.5. The minimum Gasteiger partial charge on any atom is -0.296 e. The van der Waals surface area contributed by atoms with Crippen LogP contribution in [0.15, 0.2) is 106 Å². The zero-order valence-electron chi connectivity index (χ0n) is 79.0. The van der Waals surface area contributed by atoms with Crippen LogP contribution >= 0.6 is 105 Å². The number of unbranched alkanes of at least 4 members (excludes halogenated alkanes) is 6. The second-order valence-electron chi connectivity index (χ2n) is 38.5. The summed E-state index contributed by atoms with van der Waals surface area (Å²) in [5.41, 5.74) is 12.1. The first-order valence-electron chi connectivity index (χ1n) is 48.1. The molecule has 0 aromatic heterocycles. The highest BCUT2D eigenvalue weighted by Gasteiger charge is 2.45. The number of fused-ring (bicyclic) bond motifs is 6. The molecule has 15 aromatic rings. The molecule has 6 amide bonds. The van der Waals surface area contributed by atoms with Gasteiger partial charge in [0.15, 0.2) is 11.4 Å². The van der Waals surface area contributed by atoms with Gasteiger partial charge in [-0.15, -0.1) is 0 Å².